The zero-order chi connectivity index (χ0) is 9.10. The van der Waals surface area contributed by atoms with E-state index in [1.165, 1.54) is 11.3 Å². The van der Waals surface area contributed by atoms with Gasteiger partial charge in [-0.15, -0.1) is 0 Å². The number of thioether (sulfide) groups is 1. The van der Waals surface area contributed by atoms with Crippen molar-refractivity contribution in [3.8, 4) is 0 Å². The molecule has 2 heterocycles. The summed E-state index contributed by atoms with van der Waals surface area (Å²) in [4.78, 5) is 8.70. The van der Waals surface area contributed by atoms with Gasteiger partial charge in [0.25, 0.3) is 0 Å². The molecular weight excluding hydrogens is 184 g/mol. The zero-order valence-corrected chi connectivity index (χ0v) is 8.18. The number of aliphatic hydroxyl groups excluding tert-OH is 1. The molecule has 1 aliphatic heterocycles. The maximum atomic E-state index is 8.66. The SMILES string of the molecule is OCCCc1ncc2c(n1)CSC2. The minimum atomic E-state index is 0.217. The van der Waals surface area contributed by atoms with E-state index in [0.717, 1.165) is 30.2 Å². The fourth-order valence-corrected chi connectivity index (χ4v) is 2.35. The molecule has 0 saturated carbocycles. The van der Waals surface area contributed by atoms with Gasteiger partial charge >= 0.3 is 0 Å². The number of fused-ring (bicyclic) bond motifs is 1. The Balaban J connectivity index is 2.12. The molecule has 1 aromatic rings. The number of aromatic nitrogens is 2. The summed E-state index contributed by atoms with van der Waals surface area (Å²) in [6, 6.07) is 0. The zero-order valence-electron chi connectivity index (χ0n) is 7.36. The van der Waals surface area contributed by atoms with Crippen molar-refractivity contribution in [1.29, 1.82) is 0 Å². The Labute approximate surface area is 81.6 Å². The van der Waals surface area contributed by atoms with Gasteiger partial charge in [-0.05, 0) is 6.42 Å². The molecule has 0 saturated heterocycles. The molecule has 0 unspecified atom stereocenters. The molecule has 1 N–H and O–H groups in total. The van der Waals surface area contributed by atoms with Gasteiger partial charge in [0.1, 0.15) is 5.82 Å². The molecule has 2 rings (SSSR count). The van der Waals surface area contributed by atoms with Gasteiger partial charge in [-0.1, -0.05) is 0 Å². The van der Waals surface area contributed by atoms with Gasteiger partial charge in [-0.3, -0.25) is 0 Å². The molecule has 0 fully saturated rings. The standard InChI is InChI=1S/C9H12N2OS/c12-3-1-2-9-10-4-7-5-13-6-8(7)11-9/h4,12H,1-3,5-6H2. The third-order valence-corrected chi connectivity index (χ3v) is 3.05. The Morgan fingerprint density at radius 1 is 1.46 bits per heavy atom. The third-order valence-electron chi connectivity index (χ3n) is 2.06. The van der Waals surface area contributed by atoms with Crippen LogP contribution in [0.3, 0.4) is 0 Å². The van der Waals surface area contributed by atoms with E-state index in [-0.39, 0.29) is 6.61 Å². The van der Waals surface area contributed by atoms with Crippen LogP contribution in [-0.2, 0) is 17.9 Å². The Morgan fingerprint density at radius 3 is 3.23 bits per heavy atom. The van der Waals surface area contributed by atoms with Gasteiger partial charge in [0.2, 0.25) is 0 Å². The average molecular weight is 196 g/mol. The van der Waals surface area contributed by atoms with Crippen molar-refractivity contribution in [2.45, 2.75) is 24.3 Å². The molecule has 70 valence electrons. The van der Waals surface area contributed by atoms with Gasteiger partial charge in [-0.25, -0.2) is 9.97 Å². The second-order valence-electron chi connectivity index (χ2n) is 3.08. The summed E-state index contributed by atoms with van der Waals surface area (Å²) in [7, 11) is 0. The quantitative estimate of drug-likeness (QED) is 0.787. The molecule has 3 nitrogen and oxygen atoms in total. The van der Waals surface area contributed by atoms with Crippen LogP contribution in [0.15, 0.2) is 6.20 Å². The van der Waals surface area contributed by atoms with Gasteiger partial charge in [0.05, 0.1) is 5.69 Å². The highest BCUT2D eigenvalue weighted by atomic mass is 32.2. The second-order valence-corrected chi connectivity index (χ2v) is 4.06. The molecule has 0 bridgehead atoms. The van der Waals surface area contributed by atoms with Gasteiger partial charge in [0.15, 0.2) is 0 Å². The third kappa shape index (κ3) is 2.00. The van der Waals surface area contributed by atoms with Crippen molar-refractivity contribution < 1.29 is 5.11 Å². The topological polar surface area (TPSA) is 46.0 Å². The molecule has 13 heavy (non-hydrogen) atoms. The Hall–Kier alpha value is -0.610. The van der Waals surface area contributed by atoms with E-state index in [2.05, 4.69) is 9.97 Å². The largest absolute Gasteiger partial charge is 0.396 e. The van der Waals surface area contributed by atoms with E-state index < -0.39 is 0 Å². The average Bonchev–Trinajstić information content (AvgIpc) is 2.61. The highest BCUT2D eigenvalue weighted by Crippen LogP contribution is 2.27. The minimum absolute atomic E-state index is 0.217. The van der Waals surface area contributed by atoms with Gasteiger partial charge in [-0.2, -0.15) is 11.8 Å². The Bertz CT molecular complexity index is 304. The molecule has 0 aliphatic carbocycles. The lowest BCUT2D eigenvalue weighted by Gasteiger charge is -2.00. The van der Waals surface area contributed by atoms with E-state index >= 15 is 0 Å². The highest BCUT2D eigenvalue weighted by Gasteiger charge is 2.13. The van der Waals surface area contributed by atoms with Crippen molar-refractivity contribution in [2.24, 2.45) is 0 Å². The lowest BCUT2D eigenvalue weighted by molar-refractivity contribution is 0.287. The first-order valence-corrected chi connectivity index (χ1v) is 5.58. The lowest BCUT2D eigenvalue weighted by Crippen LogP contribution is -2.00. The second kappa shape index (κ2) is 4.07. The predicted octanol–water partition coefficient (Wildman–Crippen LogP) is 1.15. The van der Waals surface area contributed by atoms with Crippen molar-refractivity contribution in [3.63, 3.8) is 0 Å². The van der Waals surface area contributed by atoms with Crippen LogP contribution in [-0.4, -0.2) is 21.7 Å². The van der Waals surface area contributed by atoms with Crippen LogP contribution in [0, 0.1) is 0 Å². The Kier molecular flexibility index (Phi) is 2.80. The summed E-state index contributed by atoms with van der Waals surface area (Å²) in [5.74, 6) is 2.94. The van der Waals surface area contributed by atoms with Crippen LogP contribution in [0.5, 0.6) is 0 Å². The molecule has 0 aromatic carbocycles. The number of nitrogens with zero attached hydrogens (tertiary/aromatic N) is 2. The summed E-state index contributed by atoms with van der Waals surface area (Å²) in [5, 5.41) is 8.66. The maximum absolute atomic E-state index is 8.66. The first kappa shape index (κ1) is 8.97. The molecule has 0 radical (unpaired) electrons. The molecule has 1 aromatic heterocycles. The number of hydrogen-bond acceptors (Lipinski definition) is 4. The molecule has 4 heteroatoms. The molecule has 0 amide bonds. The van der Waals surface area contributed by atoms with Crippen molar-refractivity contribution in [3.05, 3.63) is 23.3 Å². The summed E-state index contributed by atoms with van der Waals surface area (Å²) in [6.45, 7) is 0.217. The fraction of sp³-hybridized carbons (Fsp3) is 0.556. The number of aliphatic hydroxyl groups is 1. The smallest absolute Gasteiger partial charge is 0.128 e. The lowest BCUT2D eigenvalue weighted by atomic mass is 10.2. The summed E-state index contributed by atoms with van der Waals surface area (Å²) >= 11 is 1.88. The van der Waals surface area contributed by atoms with Crippen LogP contribution in [0.25, 0.3) is 0 Å². The maximum Gasteiger partial charge on any atom is 0.128 e. The summed E-state index contributed by atoms with van der Waals surface area (Å²) < 4.78 is 0. The van der Waals surface area contributed by atoms with Crippen LogP contribution < -0.4 is 0 Å². The molecule has 1 aliphatic rings. The van der Waals surface area contributed by atoms with E-state index in [9.17, 15) is 0 Å². The van der Waals surface area contributed by atoms with E-state index in [0.29, 0.717) is 0 Å². The Morgan fingerprint density at radius 2 is 2.38 bits per heavy atom. The first-order chi connectivity index (χ1) is 6.40. The highest BCUT2D eigenvalue weighted by molar-refractivity contribution is 7.98. The minimum Gasteiger partial charge on any atom is -0.396 e. The number of rotatable bonds is 3. The molecule has 0 spiro atoms. The van der Waals surface area contributed by atoms with Gasteiger partial charge in [0, 0.05) is 36.3 Å². The van der Waals surface area contributed by atoms with Gasteiger partial charge < -0.3 is 5.11 Å². The summed E-state index contributed by atoms with van der Waals surface area (Å²) in [6.07, 6.45) is 3.47. The number of aryl methyl sites for hydroxylation is 1. The fourth-order valence-electron chi connectivity index (χ4n) is 1.34. The molecular formula is C9H12N2OS. The summed E-state index contributed by atoms with van der Waals surface area (Å²) in [5.41, 5.74) is 2.46. The first-order valence-electron chi connectivity index (χ1n) is 4.42. The van der Waals surface area contributed by atoms with Crippen molar-refractivity contribution >= 4 is 11.8 Å². The van der Waals surface area contributed by atoms with E-state index in [1.807, 2.05) is 18.0 Å². The van der Waals surface area contributed by atoms with Crippen LogP contribution in [0.4, 0.5) is 0 Å². The predicted molar refractivity (Wildman–Crippen MR) is 52.4 cm³/mol. The van der Waals surface area contributed by atoms with Crippen LogP contribution in [0.2, 0.25) is 0 Å². The molecule has 0 atom stereocenters. The van der Waals surface area contributed by atoms with Crippen LogP contribution >= 0.6 is 11.8 Å². The van der Waals surface area contributed by atoms with E-state index in [4.69, 9.17) is 5.11 Å². The van der Waals surface area contributed by atoms with Crippen LogP contribution in [0.1, 0.15) is 23.5 Å². The monoisotopic (exact) mass is 196 g/mol. The van der Waals surface area contributed by atoms with Crippen molar-refractivity contribution in [1.82, 2.24) is 9.97 Å². The van der Waals surface area contributed by atoms with Crippen molar-refractivity contribution in [2.75, 3.05) is 6.61 Å². The normalized spacial score (nSPS) is 14.5. The number of hydrogen-bond donors (Lipinski definition) is 1. The van der Waals surface area contributed by atoms with E-state index in [1.54, 1.807) is 0 Å².